The van der Waals surface area contributed by atoms with Gasteiger partial charge in [0.15, 0.2) is 0 Å². The molecule has 0 amide bonds. The Morgan fingerprint density at radius 2 is 2.12 bits per heavy atom. The molecular weight excluding hydrogens is 322 g/mol. The summed E-state index contributed by atoms with van der Waals surface area (Å²) in [5.41, 5.74) is 1.92. The lowest BCUT2D eigenvalue weighted by atomic mass is 10.2. The minimum atomic E-state index is 0.211. The monoisotopic (exact) mass is 345 g/mol. The Morgan fingerprint density at radius 1 is 1.33 bits per heavy atom. The number of aliphatic hydroxyl groups is 1. The Morgan fingerprint density at radius 3 is 2.88 bits per heavy atom. The number of aromatic nitrogens is 1. The topological polar surface area (TPSA) is 55.5 Å². The van der Waals surface area contributed by atoms with E-state index in [-0.39, 0.29) is 5.76 Å². The van der Waals surface area contributed by atoms with Gasteiger partial charge in [-0.1, -0.05) is 36.9 Å². The van der Waals surface area contributed by atoms with Crippen LogP contribution in [0.2, 0.25) is 0 Å². The maximum absolute atomic E-state index is 8.95. The molecule has 128 valence electrons. The molecule has 1 aromatic heterocycles. The molecule has 24 heavy (non-hydrogen) atoms. The van der Waals surface area contributed by atoms with Gasteiger partial charge in [-0.2, -0.15) is 0 Å². The molecule has 0 fully saturated rings. The summed E-state index contributed by atoms with van der Waals surface area (Å²) in [6.07, 6.45) is 4.75. The second-order valence-corrected chi connectivity index (χ2v) is 6.30. The Kier molecular flexibility index (Phi) is 7.65. The minimum Gasteiger partial charge on any atom is -0.512 e. The van der Waals surface area contributed by atoms with Gasteiger partial charge in [0, 0.05) is 17.7 Å². The normalized spacial score (nSPS) is 11.2. The van der Waals surface area contributed by atoms with Gasteiger partial charge in [-0.3, -0.25) is 0 Å². The summed E-state index contributed by atoms with van der Waals surface area (Å²) >= 11 is 1.61. The van der Waals surface area contributed by atoms with Crippen molar-refractivity contribution >= 4 is 11.8 Å². The maximum atomic E-state index is 8.95. The molecule has 1 N–H and O–H groups in total. The van der Waals surface area contributed by atoms with Gasteiger partial charge in [-0.05, 0) is 19.1 Å². The number of thioether (sulfide) groups is 1. The molecule has 1 heterocycles. The lowest BCUT2D eigenvalue weighted by Gasteiger charge is -1.99. The summed E-state index contributed by atoms with van der Waals surface area (Å²) in [6, 6.07) is 9.89. The number of aliphatic hydroxyl groups excluding tert-OH is 1. The van der Waals surface area contributed by atoms with Crippen LogP contribution < -0.4 is 0 Å². The van der Waals surface area contributed by atoms with E-state index in [0.29, 0.717) is 24.9 Å². The molecule has 0 aliphatic carbocycles. The van der Waals surface area contributed by atoms with Crippen LogP contribution in [0.1, 0.15) is 11.5 Å². The number of benzene rings is 1. The fourth-order valence-corrected chi connectivity index (χ4v) is 2.69. The maximum Gasteiger partial charge on any atom is 0.226 e. The zero-order valence-electron chi connectivity index (χ0n) is 13.9. The van der Waals surface area contributed by atoms with E-state index < -0.39 is 0 Å². The number of aryl methyl sites for hydroxylation is 1. The molecule has 2 aromatic rings. The first kappa shape index (κ1) is 18.4. The van der Waals surface area contributed by atoms with Crippen LogP contribution in [-0.2, 0) is 11.2 Å². The van der Waals surface area contributed by atoms with E-state index in [4.69, 9.17) is 14.3 Å². The summed E-state index contributed by atoms with van der Waals surface area (Å²) in [4.78, 5) is 4.55. The molecule has 5 heteroatoms. The van der Waals surface area contributed by atoms with Gasteiger partial charge in [0.25, 0.3) is 0 Å². The van der Waals surface area contributed by atoms with E-state index in [9.17, 15) is 0 Å². The van der Waals surface area contributed by atoms with E-state index in [1.807, 2.05) is 49.4 Å². The summed E-state index contributed by atoms with van der Waals surface area (Å²) < 4.78 is 11.3. The third-order valence-corrected chi connectivity index (χ3v) is 4.23. The molecule has 0 spiro atoms. The van der Waals surface area contributed by atoms with Crippen molar-refractivity contribution in [3.05, 3.63) is 66.3 Å². The standard InChI is InChI=1S/C19H23NO3S/c1-15(21)14-24-13-7-6-11-22-12-10-18-16(2)23-19(20-18)17-8-4-3-5-9-17/h3-9,21H,1,10-14H2,2H3/b7-6-. The zero-order valence-corrected chi connectivity index (χ0v) is 14.7. The molecule has 2 rings (SSSR count). The van der Waals surface area contributed by atoms with E-state index in [0.717, 1.165) is 29.2 Å². The van der Waals surface area contributed by atoms with Crippen molar-refractivity contribution in [2.75, 3.05) is 24.7 Å². The predicted molar refractivity (Wildman–Crippen MR) is 99.4 cm³/mol. The van der Waals surface area contributed by atoms with Crippen molar-refractivity contribution in [3.8, 4) is 11.5 Å². The van der Waals surface area contributed by atoms with Crippen LogP contribution in [0.15, 0.2) is 59.2 Å². The molecule has 0 unspecified atom stereocenters. The van der Waals surface area contributed by atoms with Crippen LogP contribution in [0.5, 0.6) is 0 Å². The summed E-state index contributed by atoms with van der Waals surface area (Å²) in [6.45, 7) is 6.55. The first-order chi connectivity index (χ1) is 11.7. The molecule has 0 atom stereocenters. The average molecular weight is 345 g/mol. The first-order valence-electron chi connectivity index (χ1n) is 7.85. The quantitative estimate of drug-likeness (QED) is 0.388. The number of ether oxygens (including phenoxy) is 1. The first-order valence-corrected chi connectivity index (χ1v) is 9.01. The van der Waals surface area contributed by atoms with Gasteiger partial charge in [-0.15, -0.1) is 11.8 Å². The molecule has 0 saturated heterocycles. The van der Waals surface area contributed by atoms with Crippen molar-refractivity contribution in [3.63, 3.8) is 0 Å². The van der Waals surface area contributed by atoms with Gasteiger partial charge in [0.2, 0.25) is 5.89 Å². The SMILES string of the molecule is C=C(O)CSC/C=C\COCCc1nc(-c2ccccc2)oc1C. The number of nitrogens with zero attached hydrogens (tertiary/aromatic N) is 1. The van der Waals surface area contributed by atoms with Crippen molar-refractivity contribution in [2.45, 2.75) is 13.3 Å². The van der Waals surface area contributed by atoms with Crippen LogP contribution in [0, 0.1) is 6.92 Å². The van der Waals surface area contributed by atoms with Gasteiger partial charge in [-0.25, -0.2) is 4.98 Å². The average Bonchev–Trinajstić information content (AvgIpc) is 2.95. The third-order valence-electron chi connectivity index (χ3n) is 3.26. The van der Waals surface area contributed by atoms with Crippen molar-refractivity contribution in [1.29, 1.82) is 0 Å². The predicted octanol–water partition coefficient (Wildman–Crippen LogP) is 4.57. The number of hydrogen-bond acceptors (Lipinski definition) is 5. The van der Waals surface area contributed by atoms with Crippen LogP contribution in [0.4, 0.5) is 0 Å². The fraction of sp³-hybridized carbons (Fsp3) is 0.316. The van der Waals surface area contributed by atoms with E-state index in [1.54, 1.807) is 11.8 Å². The van der Waals surface area contributed by atoms with Crippen molar-refractivity contribution < 1.29 is 14.3 Å². The highest BCUT2D eigenvalue weighted by Gasteiger charge is 2.10. The Bertz CT molecular complexity index is 665. The molecule has 0 saturated carbocycles. The lowest BCUT2D eigenvalue weighted by molar-refractivity contribution is 0.165. The van der Waals surface area contributed by atoms with Gasteiger partial charge >= 0.3 is 0 Å². The number of hydrogen-bond donors (Lipinski definition) is 1. The third kappa shape index (κ3) is 6.26. The summed E-state index contributed by atoms with van der Waals surface area (Å²) in [5, 5.41) is 8.95. The molecule has 1 aromatic carbocycles. The van der Waals surface area contributed by atoms with E-state index >= 15 is 0 Å². The van der Waals surface area contributed by atoms with Crippen LogP contribution in [-0.4, -0.2) is 34.8 Å². The zero-order chi connectivity index (χ0) is 17.2. The van der Waals surface area contributed by atoms with Gasteiger partial charge in [0.05, 0.1) is 30.4 Å². The Balaban J connectivity index is 1.69. The second-order valence-electron chi connectivity index (χ2n) is 5.27. The van der Waals surface area contributed by atoms with Crippen LogP contribution in [0.3, 0.4) is 0 Å². The largest absolute Gasteiger partial charge is 0.512 e. The smallest absolute Gasteiger partial charge is 0.226 e. The highest BCUT2D eigenvalue weighted by molar-refractivity contribution is 7.99. The summed E-state index contributed by atoms with van der Waals surface area (Å²) in [5.74, 6) is 3.12. The Hall–Kier alpha value is -1.98. The molecule has 0 bridgehead atoms. The van der Waals surface area contributed by atoms with E-state index in [1.165, 1.54) is 0 Å². The van der Waals surface area contributed by atoms with Crippen molar-refractivity contribution in [1.82, 2.24) is 4.98 Å². The van der Waals surface area contributed by atoms with Gasteiger partial charge < -0.3 is 14.3 Å². The van der Waals surface area contributed by atoms with Crippen LogP contribution >= 0.6 is 11.8 Å². The van der Waals surface area contributed by atoms with Gasteiger partial charge in [0.1, 0.15) is 5.76 Å². The van der Waals surface area contributed by atoms with Crippen LogP contribution in [0.25, 0.3) is 11.5 Å². The second kappa shape index (κ2) is 10.0. The molecular formula is C19H23NO3S. The number of oxazole rings is 1. The molecule has 0 aliphatic rings. The van der Waals surface area contributed by atoms with E-state index in [2.05, 4.69) is 11.6 Å². The van der Waals surface area contributed by atoms with Crippen molar-refractivity contribution in [2.24, 2.45) is 0 Å². The Labute approximate surface area is 147 Å². The lowest BCUT2D eigenvalue weighted by Crippen LogP contribution is -2.00. The number of rotatable bonds is 10. The fourth-order valence-electron chi connectivity index (χ4n) is 2.07. The molecule has 0 aliphatic heterocycles. The summed E-state index contributed by atoms with van der Waals surface area (Å²) in [7, 11) is 0. The molecule has 0 radical (unpaired) electrons. The molecule has 4 nitrogen and oxygen atoms in total. The minimum absolute atomic E-state index is 0.211. The highest BCUT2D eigenvalue weighted by Crippen LogP contribution is 2.21. The highest BCUT2D eigenvalue weighted by atomic mass is 32.2.